The van der Waals surface area contributed by atoms with Crippen LogP contribution < -0.4 is 107 Å². The van der Waals surface area contributed by atoms with Gasteiger partial charge in [0.2, 0.25) is 26.8 Å². The molecule has 0 radical (unpaired) electrons. The Bertz CT molecular complexity index is 6730. The van der Waals surface area contributed by atoms with E-state index in [1.807, 2.05) is 0 Å². The maximum atomic E-state index is 6.60. The van der Waals surface area contributed by atoms with Crippen molar-refractivity contribution in [3.8, 4) is 57.1 Å². The molecule has 0 saturated heterocycles. The van der Waals surface area contributed by atoms with Gasteiger partial charge in [-0.3, -0.25) is 0 Å². The number of hydrogen-bond donors (Lipinski definition) is 6. The molecule has 8 aromatic rings. The SMILES string of the molecule is CC1=c2cc3c(c(C)c2Oc2cc4c(cc21)CCCN4)=[NH+]CCC3.CC1=c2cc3c(cc2Oc2cc4c(cc21)CCCN4)=[N+](C)CCC3.CCN1CCc2c1ccc1c2Oc2c3c(ccc2=C1C)=[N+](C)CC3.CCNc1cc2oc3c(C)c(=[NH+]CC)c(C)cc-3c(C)c2cc1C.CCNc1cc2oc3cc(=[N+](C)C)c(C)cc-3c(C)c2cc1C. The van der Waals surface area contributed by atoms with Crippen molar-refractivity contribution in [2.45, 2.75) is 168 Å². The lowest BCUT2D eigenvalue weighted by Crippen LogP contribution is -2.79. The fraction of sp³-hybridized carbons (Fsp3) is 0.375. The molecular weight excluding hydrogens is 1470 g/mol. The molecule has 6 N–H and O–H groups in total. The average Bonchev–Trinajstić information content (AvgIpc) is 1.70. The first-order chi connectivity index (χ1) is 57.5. The summed E-state index contributed by atoms with van der Waals surface area (Å²) in [6, 6.07) is 40.4. The van der Waals surface area contributed by atoms with Crippen LogP contribution in [0.15, 0.2) is 118 Å². The number of ether oxygens (including phenoxy) is 3. The van der Waals surface area contributed by atoms with E-state index in [0.717, 1.165) is 166 Å². The number of benzene rings is 10. The monoisotopic (exact) mass is 1590 g/mol. The lowest BCUT2D eigenvalue weighted by molar-refractivity contribution is -0.505. The molecule has 612 valence electrons. The molecule has 11 heterocycles. The number of fused-ring (bicyclic) bond motifs is 18. The Balaban J connectivity index is 0.000000106. The smallest absolute Gasteiger partial charge is 0.208 e. The molecule has 0 amide bonds. The zero-order valence-corrected chi connectivity index (χ0v) is 73.9. The summed E-state index contributed by atoms with van der Waals surface area (Å²) in [6.45, 7) is 42.9. The van der Waals surface area contributed by atoms with Gasteiger partial charge in [-0.05, 0) is 266 Å². The van der Waals surface area contributed by atoms with Crippen LogP contribution in [-0.2, 0) is 38.5 Å². The first-order valence-electron chi connectivity index (χ1n) is 44.0. The Kier molecular flexibility index (Phi) is 22.0. The van der Waals surface area contributed by atoms with Gasteiger partial charge in [-0.1, -0.05) is 0 Å². The number of nitrogens with zero attached hydrogens (tertiary/aromatic N) is 4. The summed E-state index contributed by atoms with van der Waals surface area (Å²) in [7, 11) is 8.48. The summed E-state index contributed by atoms with van der Waals surface area (Å²) in [5.74, 6) is 8.15. The molecule has 0 fully saturated rings. The number of aryl methyl sites for hydroxylation is 10. The number of likely N-dealkylation sites (N-methyl/N-ethyl adjacent to an activating group) is 2. The van der Waals surface area contributed by atoms with Gasteiger partial charge in [0.15, 0.2) is 0 Å². The second kappa shape index (κ2) is 32.7. The Morgan fingerprint density at radius 1 is 0.479 bits per heavy atom. The van der Waals surface area contributed by atoms with Crippen LogP contribution in [0.2, 0.25) is 0 Å². The van der Waals surface area contributed by atoms with E-state index in [-0.39, 0.29) is 0 Å². The predicted molar refractivity (Wildman–Crippen MR) is 489 cm³/mol. The van der Waals surface area contributed by atoms with E-state index in [9.17, 15) is 0 Å². The minimum absolute atomic E-state index is 0.904. The lowest BCUT2D eigenvalue weighted by atomic mass is 9.92. The summed E-state index contributed by atoms with van der Waals surface area (Å²) >= 11 is 0. The summed E-state index contributed by atoms with van der Waals surface area (Å²) < 4.78 is 38.8. The molecule has 8 aromatic carbocycles. The van der Waals surface area contributed by atoms with Gasteiger partial charge < -0.3 is 49.2 Å². The topological polar surface area (TPSA) is 142 Å². The molecule has 21 rings (SSSR count). The van der Waals surface area contributed by atoms with E-state index < -0.39 is 0 Å². The number of nitrogens with one attached hydrogen (secondary N) is 6. The Morgan fingerprint density at radius 3 is 1.77 bits per heavy atom. The Labute approximate surface area is 701 Å². The van der Waals surface area contributed by atoms with Crippen molar-refractivity contribution in [1.29, 1.82) is 0 Å². The highest BCUT2D eigenvalue weighted by Crippen LogP contribution is 2.46. The van der Waals surface area contributed by atoms with E-state index in [4.69, 9.17) is 23.0 Å². The van der Waals surface area contributed by atoms with Crippen molar-refractivity contribution >= 4 is 67.1 Å². The van der Waals surface area contributed by atoms with Gasteiger partial charge in [0.1, 0.15) is 112 Å². The summed E-state index contributed by atoms with van der Waals surface area (Å²) in [5, 5.41) is 26.3. The quantitative estimate of drug-likeness (QED) is 0.0704. The minimum atomic E-state index is 0.904. The Morgan fingerprint density at radius 2 is 1.10 bits per heavy atom. The number of rotatable bonds is 6. The summed E-state index contributed by atoms with van der Waals surface area (Å²) in [5.41, 5.74) is 36.7. The molecule has 0 atom stereocenters. The van der Waals surface area contributed by atoms with Gasteiger partial charge in [-0.2, -0.15) is 0 Å². The average molecular weight is 1590 g/mol. The van der Waals surface area contributed by atoms with Crippen molar-refractivity contribution in [3.63, 3.8) is 0 Å². The maximum Gasteiger partial charge on any atom is 0.208 e. The van der Waals surface area contributed by atoms with E-state index >= 15 is 0 Å². The van der Waals surface area contributed by atoms with Crippen LogP contribution in [0, 0.1) is 55.4 Å². The van der Waals surface area contributed by atoms with Gasteiger partial charge in [0.05, 0.1) is 28.8 Å². The third-order valence-corrected chi connectivity index (χ3v) is 26.6. The van der Waals surface area contributed by atoms with Gasteiger partial charge >= 0.3 is 0 Å². The molecule has 0 saturated carbocycles. The second-order valence-corrected chi connectivity index (χ2v) is 34.5. The second-order valence-electron chi connectivity index (χ2n) is 34.5. The number of anilines is 5. The Hall–Kier alpha value is -11.5. The maximum absolute atomic E-state index is 6.60. The van der Waals surface area contributed by atoms with Crippen molar-refractivity contribution in [2.75, 3.05) is 120 Å². The molecule has 119 heavy (non-hydrogen) atoms. The van der Waals surface area contributed by atoms with Crippen molar-refractivity contribution < 1.29 is 33.0 Å². The molecule has 0 spiro atoms. The molecule has 0 bridgehead atoms. The van der Waals surface area contributed by atoms with E-state index in [2.05, 4.69) is 291 Å². The highest BCUT2D eigenvalue weighted by Gasteiger charge is 2.33. The van der Waals surface area contributed by atoms with Crippen LogP contribution in [0.1, 0.15) is 169 Å². The third kappa shape index (κ3) is 14.6. The van der Waals surface area contributed by atoms with Crippen LogP contribution in [0.25, 0.3) is 61.3 Å². The highest BCUT2D eigenvalue weighted by atomic mass is 16.5. The molecule has 0 aromatic heterocycles. The first-order valence-corrected chi connectivity index (χ1v) is 44.0. The molecule has 15 heteroatoms. The van der Waals surface area contributed by atoms with Gasteiger partial charge in [-0.25, -0.2) is 23.7 Å². The van der Waals surface area contributed by atoms with Gasteiger partial charge in [-0.15, -0.1) is 0 Å². The fourth-order valence-corrected chi connectivity index (χ4v) is 20.0. The molecular formula is C104H121N10O5+5. The zero-order chi connectivity index (χ0) is 83.1. The zero-order valence-electron chi connectivity index (χ0n) is 73.9. The van der Waals surface area contributed by atoms with E-state index in [1.165, 1.54) is 225 Å². The van der Waals surface area contributed by atoms with Gasteiger partial charge in [0.25, 0.3) is 0 Å². The highest BCUT2D eigenvalue weighted by molar-refractivity contribution is 5.93. The standard InChI is InChI=1S/2C21H22N2O.C21H23N2O.C21H26N2O.C20H24N2O/c1-13-16-9-14-5-3-7-22-18(14)11-20(16)24-21-12-19-15(10-17(13)21)6-4-8-23(19)2;1-12-16-9-14-5-3-7-22-18(14)11-19(16)24-21-13(2)20-15(10-17(12)21)6-4-8-23-20;1-4-23-12-10-17-19(23)8-6-15-13(2)14-5-7-18-16(9-11-22(18)3)20(14)24-21(15)17;1-7-22-18-11-19-16(9-12(18)3)14(5)17-10-13(4)20(23-8-2)15(6)21(17)24-19;1-7-21-17-10-19-15(8-12(17)2)14(4)16-9-13(3)18(22(5)6)11-20(16)23-19/h9-12H,3-8H2,1-2H3;9-11,22H,3-8H2,1-2H3;5-8H,4,9-12H2,1-3H3;9-11,22H,7-8H2,1-6H3;8-11H,7H2,1-6H3/q;;+1;;/p+4. The largest absolute Gasteiger partial charge is 0.456 e. The van der Waals surface area contributed by atoms with Crippen LogP contribution in [0.3, 0.4) is 0 Å². The molecule has 11 aliphatic heterocycles. The molecule has 0 unspecified atom stereocenters. The van der Waals surface area contributed by atoms with E-state index in [1.54, 1.807) is 0 Å². The molecule has 2 aliphatic carbocycles. The van der Waals surface area contributed by atoms with Crippen molar-refractivity contribution in [3.05, 3.63) is 246 Å². The van der Waals surface area contributed by atoms with Crippen LogP contribution >= 0.6 is 0 Å². The van der Waals surface area contributed by atoms with E-state index in [0.29, 0.717) is 0 Å². The summed E-state index contributed by atoms with van der Waals surface area (Å²) in [4.78, 5) is 9.49. The lowest BCUT2D eigenvalue weighted by Gasteiger charge is -2.25. The first kappa shape index (κ1) is 80.0. The molecule has 15 nitrogen and oxygen atoms in total. The van der Waals surface area contributed by atoms with Crippen LogP contribution in [0.5, 0.6) is 34.5 Å². The van der Waals surface area contributed by atoms with Crippen LogP contribution in [0.4, 0.5) is 28.4 Å². The van der Waals surface area contributed by atoms with Crippen molar-refractivity contribution in [2.24, 2.45) is 0 Å². The molecule has 13 aliphatic rings. The predicted octanol–water partition coefficient (Wildman–Crippen LogP) is 13.0. The fourth-order valence-electron chi connectivity index (χ4n) is 20.0. The normalized spacial score (nSPS) is 15.3. The number of hydrogen-bond acceptors (Lipinski definition) is 10. The summed E-state index contributed by atoms with van der Waals surface area (Å²) in [6.07, 6.45) is 11.7. The third-order valence-electron chi connectivity index (χ3n) is 26.6. The van der Waals surface area contributed by atoms with Crippen LogP contribution in [-0.4, -0.2) is 93.6 Å². The van der Waals surface area contributed by atoms with Crippen molar-refractivity contribution in [1.82, 2.24) is 13.7 Å². The van der Waals surface area contributed by atoms with Gasteiger partial charge in [0, 0.05) is 199 Å². The minimum Gasteiger partial charge on any atom is -0.456 e.